The summed E-state index contributed by atoms with van der Waals surface area (Å²) < 4.78 is 0. The molecule has 1 aromatic rings. The molecule has 0 bridgehead atoms. The summed E-state index contributed by atoms with van der Waals surface area (Å²) in [7, 11) is 1.71. The van der Waals surface area contributed by atoms with Gasteiger partial charge < -0.3 is 10.2 Å². The van der Waals surface area contributed by atoms with Crippen LogP contribution < -0.4 is 5.32 Å². The Kier molecular flexibility index (Phi) is 4.71. The molecule has 5 nitrogen and oxygen atoms in total. The number of nitrogens with one attached hydrogen (secondary N) is 1. The third kappa shape index (κ3) is 3.56. The van der Waals surface area contributed by atoms with E-state index in [9.17, 15) is 9.59 Å². The number of hydrogen-bond acceptors (Lipinski definition) is 3. The highest BCUT2D eigenvalue weighted by atomic mass is 16.2. The van der Waals surface area contributed by atoms with Gasteiger partial charge in [-0.05, 0) is 37.5 Å². The summed E-state index contributed by atoms with van der Waals surface area (Å²) in [6.45, 7) is 1.91. The zero-order chi connectivity index (χ0) is 14.5. The van der Waals surface area contributed by atoms with Crippen LogP contribution >= 0.6 is 0 Å². The Morgan fingerprint density at radius 1 is 1.30 bits per heavy atom. The minimum Gasteiger partial charge on any atom is -0.335 e. The third-order valence-corrected chi connectivity index (χ3v) is 3.79. The van der Waals surface area contributed by atoms with Gasteiger partial charge in [-0.2, -0.15) is 0 Å². The molecule has 1 fully saturated rings. The molecule has 0 saturated heterocycles. The van der Waals surface area contributed by atoms with Crippen molar-refractivity contribution < 1.29 is 9.59 Å². The Labute approximate surface area is 119 Å². The van der Waals surface area contributed by atoms with Gasteiger partial charge in [0.25, 0.3) is 0 Å². The molecule has 0 atom stereocenters. The smallest absolute Gasteiger partial charge is 0.315 e. The van der Waals surface area contributed by atoms with Crippen molar-refractivity contribution in [1.82, 2.24) is 9.88 Å². The molecule has 1 heterocycles. The largest absolute Gasteiger partial charge is 0.335 e. The van der Waals surface area contributed by atoms with Crippen LogP contribution in [-0.4, -0.2) is 34.8 Å². The lowest BCUT2D eigenvalue weighted by molar-refractivity contribution is -0.144. The summed E-state index contributed by atoms with van der Waals surface area (Å²) >= 11 is 0. The number of anilines is 1. The van der Waals surface area contributed by atoms with Crippen molar-refractivity contribution in [2.75, 3.05) is 12.4 Å². The van der Waals surface area contributed by atoms with E-state index in [0.29, 0.717) is 5.82 Å². The van der Waals surface area contributed by atoms with E-state index in [1.165, 1.54) is 6.42 Å². The summed E-state index contributed by atoms with van der Waals surface area (Å²) in [5.41, 5.74) is 0.989. The number of hydrogen-bond donors (Lipinski definition) is 1. The Hall–Kier alpha value is -1.91. The first-order valence-corrected chi connectivity index (χ1v) is 7.08. The van der Waals surface area contributed by atoms with Gasteiger partial charge in [0.1, 0.15) is 5.82 Å². The molecule has 1 aliphatic carbocycles. The highest BCUT2D eigenvalue weighted by Crippen LogP contribution is 2.21. The second kappa shape index (κ2) is 6.50. The van der Waals surface area contributed by atoms with E-state index >= 15 is 0 Å². The van der Waals surface area contributed by atoms with Gasteiger partial charge in [-0.1, -0.05) is 19.3 Å². The molecule has 108 valence electrons. The predicted molar refractivity (Wildman–Crippen MR) is 77.2 cm³/mol. The van der Waals surface area contributed by atoms with Gasteiger partial charge in [0.15, 0.2) is 0 Å². The first kappa shape index (κ1) is 14.5. The van der Waals surface area contributed by atoms with Gasteiger partial charge in [-0.25, -0.2) is 4.98 Å². The van der Waals surface area contributed by atoms with Gasteiger partial charge in [0, 0.05) is 19.3 Å². The predicted octanol–water partition coefficient (Wildman–Crippen LogP) is 2.12. The van der Waals surface area contributed by atoms with Crippen LogP contribution in [0.25, 0.3) is 0 Å². The molecule has 0 unspecified atom stereocenters. The fraction of sp³-hybridized carbons (Fsp3) is 0.533. The molecule has 0 radical (unpaired) electrons. The van der Waals surface area contributed by atoms with Crippen LogP contribution in [0.15, 0.2) is 18.3 Å². The third-order valence-electron chi connectivity index (χ3n) is 3.79. The van der Waals surface area contributed by atoms with Gasteiger partial charge in [0.05, 0.1) is 0 Å². The van der Waals surface area contributed by atoms with Crippen molar-refractivity contribution in [3.8, 4) is 0 Å². The zero-order valence-corrected chi connectivity index (χ0v) is 12.1. The fourth-order valence-corrected chi connectivity index (χ4v) is 2.57. The van der Waals surface area contributed by atoms with E-state index in [0.717, 1.165) is 31.2 Å². The minimum atomic E-state index is -0.615. The Bertz CT molecular complexity index is 496. The number of pyridine rings is 1. The normalized spacial score (nSPS) is 15.7. The van der Waals surface area contributed by atoms with Crippen LogP contribution in [-0.2, 0) is 9.59 Å². The van der Waals surface area contributed by atoms with Crippen LogP contribution in [0.2, 0.25) is 0 Å². The summed E-state index contributed by atoms with van der Waals surface area (Å²) in [4.78, 5) is 29.7. The van der Waals surface area contributed by atoms with Crippen LogP contribution in [0, 0.1) is 6.92 Å². The monoisotopic (exact) mass is 275 g/mol. The second-order valence-corrected chi connectivity index (χ2v) is 5.38. The molecule has 1 aromatic heterocycles. The second-order valence-electron chi connectivity index (χ2n) is 5.38. The molecule has 20 heavy (non-hydrogen) atoms. The molecule has 1 aliphatic rings. The Morgan fingerprint density at radius 2 is 2.00 bits per heavy atom. The zero-order valence-electron chi connectivity index (χ0n) is 12.1. The maximum atomic E-state index is 12.1. The first-order valence-electron chi connectivity index (χ1n) is 7.08. The molecule has 0 aliphatic heterocycles. The van der Waals surface area contributed by atoms with E-state index in [4.69, 9.17) is 0 Å². The molecule has 1 N–H and O–H groups in total. The molecule has 2 rings (SSSR count). The van der Waals surface area contributed by atoms with Gasteiger partial charge in [-0.15, -0.1) is 0 Å². The topological polar surface area (TPSA) is 62.3 Å². The SMILES string of the molecule is Cc1ccnc(NC(=O)C(=O)N(C)C2CCCCC2)c1. The number of nitrogens with zero attached hydrogens (tertiary/aromatic N) is 2. The van der Waals surface area contributed by atoms with Crippen molar-refractivity contribution in [2.24, 2.45) is 0 Å². The average Bonchev–Trinajstić information content (AvgIpc) is 2.46. The quantitative estimate of drug-likeness (QED) is 0.841. The number of aryl methyl sites for hydroxylation is 1. The van der Waals surface area contributed by atoms with Crippen molar-refractivity contribution in [1.29, 1.82) is 0 Å². The highest BCUT2D eigenvalue weighted by molar-refractivity contribution is 6.39. The molecule has 2 amide bonds. The fourth-order valence-electron chi connectivity index (χ4n) is 2.57. The maximum absolute atomic E-state index is 12.1. The van der Waals surface area contributed by atoms with Crippen molar-refractivity contribution >= 4 is 17.6 Å². The van der Waals surface area contributed by atoms with Crippen LogP contribution in [0.5, 0.6) is 0 Å². The molecular formula is C15H21N3O2. The van der Waals surface area contributed by atoms with Gasteiger partial charge >= 0.3 is 11.8 Å². The Balaban J connectivity index is 1.95. The number of carbonyl (C=O) groups excluding carboxylic acids is 2. The number of rotatable bonds is 2. The van der Waals surface area contributed by atoms with E-state index in [1.807, 2.05) is 13.0 Å². The van der Waals surface area contributed by atoms with E-state index in [-0.39, 0.29) is 6.04 Å². The number of likely N-dealkylation sites (N-methyl/N-ethyl adjacent to an activating group) is 1. The molecule has 1 saturated carbocycles. The molecule has 0 spiro atoms. The lowest BCUT2D eigenvalue weighted by atomic mass is 9.94. The van der Waals surface area contributed by atoms with E-state index in [1.54, 1.807) is 24.2 Å². The maximum Gasteiger partial charge on any atom is 0.315 e. The van der Waals surface area contributed by atoms with Gasteiger partial charge in [0.2, 0.25) is 0 Å². The van der Waals surface area contributed by atoms with Crippen LogP contribution in [0.4, 0.5) is 5.82 Å². The number of carbonyl (C=O) groups is 2. The minimum absolute atomic E-state index is 0.187. The highest BCUT2D eigenvalue weighted by Gasteiger charge is 2.26. The first-order chi connectivity index (χ1) is 9.58. The number of amides is 2. The lowest BCUT2D eigenvalue weighted by Gasteiger charge is -2.30. The van der Waals surface area contributed by atoms with Crippen molar-refractivity contribution in [3.63, 3.8) is 0 Å². The summed E-state index contributed by atoms with van der Waals surface area (Å²) in [5.74, 6) is -0.684. The van der Waals surface area contributed by atoms with Crippen molar-refractivity contribution in [3.05, 3.63) is 23.9 Å². The standard InChI is InChI=1S/C15H21N3O2/c1-11-8-9-16-13(10-11)17-14(19)15(20)18(2)12-6-4-3-5-7-12/h8-10,12H,3-7H2,1-2H3,(H,16,17,19). The molecule has 5 heteroatoms. The van der Waals surface area contributed by atoms with E-state index in [2.05, 4.69) is 10.3 Å². The van der Waals surface area contributed by atoms with Crippen LogP contribution in [0.1, 0.15) is 37.7 Å². The van der Waals surface area contributed by atoms with Gasteiger partial charge in [-0.3, -0.25) is 9.59 Å². The average molecular weight is 275 g/mol. The molecular weight excluding hydrogens is 254 g/mol. The van der Waals surface area contributed by atoms with E-state index < -0.39 is 11.8 Å². The Morgan fingerprint density at radius 3 is 2.65 bits per heavy atom. The van der Waals surface area contributed by atoms with Crippen LogP contribution in [0.3, 0.4) is 0 Å². The summed E-state index contributed by atoms with van der Waals surface area (Å²) in [6.07, 6.45) is 7.06. The summed E-state index contributed by atoms with van der Waals surface area (Å²) in [5, 5.41) is 2.56. The summed E-state index contributed by atoms with van der Waals surface area (Å²) in [6, 6.07) is 3.77. The molecule has 0 aromatic carbocycles. The van der Waals surface area contributed by atoms with Crippen molar-refractivity contribution in [2.45, 2.75) is 45.1 Å². The lowest BCUT2D eigenvalue weighted by Crippen LogP contribution is -2.44. The number of aromatic nitrogens is 1.